The van der Waals surface area contributed by atoms with Gasteiger partial charge in [-0.1, -0.05) is 43.5 Å². The summed E-state index contributed by atoms with van der Waals surface area (Å²) < 4.78 is 29.8. The zero-order chi connectivity index (χ0) is 23.8. The van der Waals surface area contributed by atoms with Gasteiger partial charge in [-0.2, -0.15) is 0 Å². The van der Waals surface area contributed by atoms with E-state index < -0.39 is 10.0 Å². The molecule has 9 heteroatoms. The average molecular weight is 474 g/mol. The van der Waals surface area contributed by atoms with E-state index in [1.54, 1.807) is 48.5 Å². The van der Waals surface area contributed by atoms with Crippen molar-refractivity contribution in [2.75, 3.05) is 25.2 Å². The summed E-state index contributed by atoms with van der Waals surface area (Å²) in [5, 5.41) is 5.83. The molecule has 33 heavy (non-hydrogen) atoms. The molecule has 2 aromatic carbocycles. The first kappa shape index (κ1) is 24.7. The van der Waals surface area contributed by atoms with Crippen LogP contribution in [0.3, 0.4) is 0 Å². The molecule has 0 heterocycles. The minimum atomic E-state index is -3.26. The third kappa shape index (κ3) is 7.57. The number of hydrogen-bond acceptors (Lipinski definition) is 5. The van der Waals surface area contributed by atoms with Crippen LogP contribution in [0.1, 0.15) is 48.0 Å². The molecule has 1 aliphatic carbocycles. The Balaban J connectivity index is 1.53. The van der Waals surface area contributed by atoms with Gasteiger partial charge in [-0.25, -0.2) is 12.7 Å². The quantitative estimate of drug-likeness (QED) is 0.582. The zero-order valence-corrected chi connectivity index (χ0v) is 19.9. The Morgan fingerprint density at radius 2 is 1.70 bits per heavy atom. The van der Waals surface area contributed by atoms with Crippen LogP contribution in [0.2, 0.25) is 0 Å². The predicted octanol–water partition coefficient (Wildman–Crippen LogP) is 3.16. The Morgan fingerprint density at radius 3 is 2.36 bits per heavy atom. The second kappa shape index (κ2) is 11.3. The van der Waals surface area contributed by atoms with Gasteiger partial charge in [0.2, 0.25) is 10.0 Å². The second-order valence-electron chi connectivity index (χ2n) is 8.35. The second-order valence-corrected chi connectivity index (χ2v) is 10.4. The Labute approximate surface area is 195 Å². The number of carbonyl (C=O) groups excluding carboxylic acids is 2. The molecule has 0 aromatic heterocycles. The van der Waals surface area contributed by atoms with Crippen molar-refractivity contribution in [3.63, 3.8) is 0 Å². The van der Waals surface area contributed by atoms with E-state index >= 15 is 0 Å². The molecule has 1 fully saturated rings. The lowest BCUT2D eigenvalue weighted by molar-refractivity contribution is -0.118. The monoisotopic (exact) mass is 473 g/mol. The van der Waals surface area contributed by atoms with E-state index in [0.29, 0.717) is 17.0 Å². The highest BCUT2D eigenvalue weighted by molar-refractivity contribution is 7.88. The largest absolute Gasteiger partial charge is 0.484 e. The molecule has 178 valence electrons. The van der Waals surface area contributed by atoms with Gasteiger partial charge in [0.25, 0.3) is 11.8 Å². The summed E-state index contributed by atoms with van der Waals surface area (Å²) in [4.78, 5) is 25.2. The first-order valence-electron chi connectivity index (χ1n) is 11.0. The van der Waals surface area contributed by atoms with Gasteiger partial charge in [-0.05, 0) is 42.7 Å². The Hall–Kier alpha value is -2.91. The van der Waals surface area contributed by atoms with Crippen molar-refractivity contribution in [3.05, 3.63) is 59.7 Å². The molecular formula is C24H31N3O5S. The summed E-state index contributed by atoms with van der Waals surface area (Å²) in [6, 6.07) is 14.0. The highest BCUT2D eigenvalue weighted by Gasteiger charge is 2.19. The zero-order valence-electron chi connectivity index (χ0n) is 19.0. The van der Waals surface area contributed by atoms with Crippen LogP contribution in [0.5, 0.6) is 5.75 Å². The van der Waals surface area contributed by atoms with Crippen molar-refractivity contribution < 1.29 is 22.7 Å². The van der Waals surface area contributed by atoms with Crippen molar-refractivity contribution >= 4 is 27.5 Å². The highest BCUT2D eigenvalue weighted by atomic mass is 32.2. The lowest BCUT2D eigenvalue weighted by Crippen LogP contribution is -2.36. The van der Waals surface area contributed by atoms with Gasteiger partial charge >= 0.3 is 0 Å². The minimum Gasteiger partial charge on any atom is -0.484 e. The molecule has 0 aliphatic heterocycles. The summed E-state index contributed by atoms with van der Waals surface area (Å²) in [6.07, 6.45) is 6.57. The third-order valence-electron chi connectivity index (χ3n) is 5.65. The van der Waals surface area contributed by atoms with E-state index in [-0.39, 0.29) is 31.0 Å². The number of nitrogens with one attached hydrogen (secondary N) is 2. The van der Waals surface area contributed by atoms with E-state index in [1.165, 1.54) is 17.8 Å². The fraction of sp³-hybridized carbons (Fsp3) is 0.417. The number of hydrogen-bond donors (Lipinski definition) is 2. The molecule has 2 aromatic rings. The van der Waals surface area contributed by atoms with Crippen molar-refractivity contribution in [2.45, 2.75) is 44.7 Å². The van der Waals surface area contributed by atoms with Crippen molar-refractivity contribution in [3.8, 4) is 5.75 Å². The molecule has 0 bridgehead atoms. The molecule has 0 spiro atoms. The van der Waals surface area contributed by atoms with Gasteiger partial charge < -0.3 is 15.4 Å². The first-order valence-corrected chi connectivity index (χ1v) is 12.9. The number of rotatable bonds is 9. The lowest BCUT2D eigenvalue weighted by Gasteiger charge is -2.23. The number of anilines is 1. The maximum atomic E-state index is 12.7. The number of carbonyl (C=O) groups is 2. The number of amides is 2. The van der Waals surface area contributed by atoms with Crippen molar-refractivity contribution in [1.82, 2.24) is 9.62 Å². The molecule has 0 atom stereocenters. The topological polar surface area (TPSA) is 105 Å². The normalized spacial score (nSPS) is 14.6. The SMILES string of the molecule is CN(Cc1ccc(OCC(=O)Nc2ccccc2C(=O)NC2CCCCC2)cc1)S(C)(=O)=O. The summed E-state index contributed by atoms with van der Waals surface area (Å²) in [5.41, 5.74) is 1.67. The number of para-hydroxylation sites is 1. The van der Waals surface area contributed by atoms with Crippen LogP contribution in [-0.4, -0.2) is 50.5 Å². The van der Waals surface area contributed by atoms with Crippen LogP contribution in [0.25, 0.3) is 0 Å². The number of sulfonamides is 1. The minimum absolute atomic E-state index is 0.179. The van der Waals surface area contributed by atoms with E-state index in [1.807, 2.05) is 0 Å². The van der Waals surface area contributed by atoms with Crippen LogP contribution in [0, 0.1) is 0 Å². The molecule has 0 unspecified atom stereocenters. The third-order valence-corrected chi connectivity index (χ3v) is 6.91. The van der Waals surface area contributed by atoms with E-state index in [4.69, 9.17) is 4.74 Å². The van der Waals surface area contributed by atoms with E-state index in [9.17, 15) is 18.0 Å². The van der Waals surface area contributed by atoms with Gasteiger partial charge in [0.1, 0.15) is 5.75 Å². The molecule has 0 radical (unpaired) electrons. The molecule has 2 amide bonds. The molecule has 1 saturated carbocycles. The van der Waals surface area contributed by atoms with Crippen molar-refractivity contribution in [2.24, 2.45) is 0 Å². The molecule has 1 aliphatic rings. The maximum Gasteiger partial charge on any atom is 0.262 e. The average Bonchev–Trinajstić information content (AvgIpc) is 2.79. The Bertz CT molecular complexity index is 1060. The first-order chi connectivity index (χ1) is 15.7. The Morgan fingerprint density at radius 1 is 1.03 bits per heavy atom. The van der Waals surface area contributed by atoms with Crippen LogP contribution in [0.4, 0.5) is 5.69 Å². The molecule has 0 saturated heterocycles. The molecular weight excluding hydrogens is 442 g/mol. The molecule has 8 nitrogen and oxygen atoms in total. The summed E-state index contributed by atoms with van der Waals surface area (Å²) in [6.45, 7) is 0.0282. The fourth-order valence-electron chi connectivity index (χ4n) is 3.70. The number of benzene rings is 2. The van der Waals surface area contributed by atoms with E-state index in [2.05, 4.69) is 10.6 Å². The van der Waals surface area contributed by atoms with Crippen molar-refractivity contribution in [1.29, 1.82) is 0 Å². The summed E-state index contributed by atoms with van der Waals surface area (Å²) in [7, 11) is -1.75. The van der Waals surface area contributed by atoms with Crippen LogP contribution >= 0.6 is 0 Å². The van der Waals surface area contributed by atoms with Gasteiger partial charge in [-0.3, -0.25) is 9.59 Å². The number of ether oxygens (including phenoxy) is 1. The Kier molecular flexibility index (Phi) is 8.46. The van der Waals surface area contributed by atoms with Crippen LogP contribution in [0.15, 0.2) is 48.5 Å². The lowest BCUT2D eigenvalue weighted by atomic mass is 9.95. The van der Waals surface area contributed by atoms with Gasteiger partial charge in [-0.15, -0.1) is 0 Å². The van der Waals surface area contributed by atoms with Gasteiger partial charge in [0.15, 0.2) is 6.61 Å². The van der Waals surface area contributed by atoms with E-state index in [0.717, 1.165) is 37.5 Å². The van der Waals surface area contributed by atoms with Gasteiger partial charge in [0, 0.05) is 19.6 Å². The number of nitrogens with zero attached hydrogens (tertiary/aromatic N) is 1. The molecule has 2 N–H and O–H groups in total. The predicted molar refractivity (Wildman–Crippen MR) is 128 cm³/mol. The maximum absolute atomic E-state index is 12.7. The van der Waals surface area contributed by atoms with Crippen LogP contribution < -0.4 is 15.4 Å². The van der Waals surface area contributed by atoms with Crippen LogP contribution in [-0.2, 0) is 21.4 Å². The fourth-order valence-corrected chi connectivity index (χ4v) is 4.08. The highest BCUT2D eigenvalue weighted by Crippen LogP contribution is 2.20. The standard InChI is InChI=1S/C24H31N3O5S/c1-27(33(2,30)31)16-18-12-14-20(15-13-18)32-17-23(28)26-22-11-7-6-10-21(22)24(29)25-19-8-4-3-5-9-19/h6-7,10-15,19H,3-5,8-9,16-17H2,1-2H3,(H,25,29)(H,26,28). The summed E-state index contributed by atoms with van der Waals surface area (Å²) in [5.74, 6) is -0.0820. The molecule has 3 rings (SSSR count). The summed E-state index contributed by atoms with van der Waals surface area (Å²) >= 11 is 0. The smallest absolute Gasteiger partial charge is 0.262 e. The van der Waals surface area contributed by atoms with Gasteiger partial charge in [0.05, 0.1) is 17.5 Å².